The van der Waals surface area contributed by atoms with Gasteiger partial charge in [-0.05, 0) is 37.0 Å². The molecule has 6 heteroatoms. The number of hydrogen-bond acceptors (Lipinski definition) is 3. The minimum Gasteiger partial charge on any atom is -0.329 e. The summed E-state index contributed by atoms with van der Waals surface area (Å²) >= 11 is 0. The maximum absolute atomic E-state index is 12.5. The van der Waals surface area contributed by atoms with Crippen LogP contribution >= 0.6 is 12.4 Å². The van der Waals surface area contributed by atoms with E-state index in [1.807, 2.05) is 32.0 Å². The Labute approximate surface area is 137 Å². The first-order chi connectivity index (χ1) is 10.0. The fourth-order valence-corrected chi connectivity index (χ4v) is 2.67. The zero-order valence-corrected chi connectivity index (χ0v) is 13.9. The van der Waals surface area contributed by atoms with E-state index in [4.69, 9.17) is 5.73 Å². The molecular formula is C16H24ClN3O2. The minimum atomic E-state index is -0.529. The number of benzene rings is 1. The Kier molecular flexibility index (Phi) is 6.38. The molecule has 0 saturated carbocycles. The summed E-state index contributed by atoms with van der Waals surface area (Å²) in [6.45, 7) is 4.28. The van der Waals surface area contributed by atoms with Crippen LogP contribution in [0.4, 0.5) is 11.4 Å². The maximum Gasteiger partial charge on any atom is 0.231 e. The van der Waals surface area contributed by atoms with Crippen LogP contribution in [0.15, 0.2) is 18.2 Å². The number of nitrogens with one attached hydrogen (secondary N) is 2. The molecule has 22 heavy (non-hydrogen) atoms. The molecule has 0 fully saturated rings. The smallest absolute Gasteiger partial charge is 0.231 e. The first-order valence-electron chi connectivity index (χ1n) is 7.49. The number of rotatable bonds is 5. The summed E-state index contributed by atoms with van der Waals surface area (Å²) in [5.41, 5.74) is 7.85. The molecule has 0 spiro atoms. The van der Waals surface area contributed by atoms with Crippen LogP contribution in [0.5, 0.6) is 0 Å². The van der Waals surface area contributed by atoms with Crippen LogP contribution in [0.25, 0.3) is 0 Å². The number of carbonyl (C=O) groups excluding carboxylic acids is 2. The van der Waals surface area contributed by atoms with Gasteiger partial charge >= 0.3 is 0 Å². The van der Waals surface area contributed by atoms with Gasteiger partial charge in [0.15, 0.2) is 0 Å². The molecule has 2 amide bonds. The van der Waals surface area contributed by atoms with Gasteiger partial charge in [-0.2, -0.15) is 0 Å². The van der Waals surface area contributed by atoms with E-state index in [1.54, 1.807) is 0 Å². The molecule has 1 aromatic rings. The van der Waals surface area contributed by atoms with Crippen molar-refractivity contribution in [1.82, 2.24) is 0 Å². The molecule has 1 aliphatic rings. The van der Waals surface area contributed by atoms with Crippen molar-refractivity contribution < 1.29 is 9.59 Å². The summed E-state index contributed by atoms with van der Waals surface area (Å²) in [5, 5.41) is 5.77. The molecule has 5 nitrogen and oxygen atoms in total. The second-order valence-corrected chi connectivity index (χ2v) is 5.57. The Morgan fingerprint density at radius 2 is 2.00 bits per heavy atom. The van der Waals surface area contributed by atoms with Crippen molar-refractivity contribution in [3.05, 3.63) is 23.8 Å². The Balaban J connectivity index is 0.00000242. The zero-order chi connectivity index (χ0) is 15.5. The quantitative estimate of drug-likeness (QED) is 0.778. The minimum absolute atomic E-state index is 0. The van der Waals surface area contributed by atoms with Gasteiger partial charge in [0.1, 0.15) is 0 Å². The number of anilines is 2. The van der Waals surface area contributed by atoms with Gasteiger partial charge in [-0.15, -0.1) is 12.4 Å². The highest BCUT2D eigenvalue weighted by atomic mass is 35.5. The van der Waals surface area contributed by atoms with Crippen LogP contribution in [0.2, 0.25) is 0 Å². The first kappa shape index (κ1) is 18.5. The van der Waals surface area contributed by atoms with Crippen LogP contribution in [0.3, 0.4) is 0 Å². The van der Waals surface area contributed by atoms with Crippen molar-refractivity contribution in [2.75, 3.05) is 17.2 Å². The maximum atomic E-state index is 12.5. The zero-order valence-electron chi connectivity index (χ0n) is 13.1. The number of fused-ring (bicyclic) bond motifs is 1. The summed E-state index contributed by atoms with van der Waals surface area (Å²) in [6.07, 6.45) is 2.66. The first-order valence-corrected chi connectivity index (χ1v) is 7.49. The average Bonchev–Trinajstić information content (AvgIpc) is 2.49. The van der Waals surface area contributed by atoms with Crippen molar-refractivity contribution in [3.8, 4) is 0 Å². The second-order valence-electron chi connectivity index (χ2n) is 5.57. The van der Waals surface area contributed by atoms with Crippen LogP contribution < -0.4 is 16.4 Å². The number of hydrogen-bond donors (Lipinski definition) is 3. The van der Waals surface area contributed by atoms with Gasteiger partial charge in [0.05, 0.1) is 5.41 Å². The van der Waals surface area contributed by atoms with Gasteiger partial charge in [0.2, 0.25) is 11.8 Å². The van der Waals surface area contributed by atoms with Gasteiger partial charge in [-0.25, -0.2) is 0 Å². The second kappa shape index (κ2) is 7.61. The molecule has 0 aromatic heterocycles. The predicted octanol–water partition coefficient (Wildman–Crippen LogP) is 2.70. The third-order valence-electron chi connectivity index (χ3n) is 4.49. The molecule has 0 atom stereocenters. The summed E-state index contributed by atoms with van der Waals surface area (Å²) in [6, 6.07) is 5.64. The molecule has 0 saturated heterocycles. The number of nitrogens with two attached hydrogens (primary N) is 1. The Hall–Kier alpha value is -1.59. The topological polar surface area (TPSA) is 84.2 Å². The van der Waals surface area contributed by atoms with E-state index in [9.17, 15) is 9.59 Å². The van der Waals surface area contributed by atoms with E-state index in [2.05, 4.69) is 10.6 Å². The fraction of sp³-hybridized carbons (Fsp3) is 0.500. The van der Waals surface area contributed by atoms with Crippen LogP contribution in [-0.4, -0.2) is 18.4 Å². The van der Waals surface area contributed by atoms with Crippen molar-refractivity contribution in [3.63, 3.8) is 0 Å². The van der Waals surface area contributed by atoms with Crippen molar-refractivity contribution in [2.45, 2.75) is 39.5 Å². The van der Waals surface area contributed by atoms with Crippen LogP contribution in [0, 0.1) is 5.41 Å². The molecule has 1 aliphatic heterocycles. The summed E-state index contributed by atoms with van der Waals surface area (Å²) in [5.74, 6) is -0.0403. The van der Waals surface area contributed by atoms with Crippen molar-refractivity contribution >= 4 is 35.6 Å². The monoisotopic (exact) mass is 325 g/mol. The summed E-state index contributed by atoms with van der Waals surface area (Å²) in [4.78, 5) is 23.9. The third kappa shape index (κ3) is 3.59. The molecule has 0 unspecified atom stereocenters. The number of amides is 2. The highest BCUT2D eigenvalue weighted by molar-refractivity contribution is 5.98. The molecule has 0 radical (unpaired) electrons. The number of halogens is 1. The molecule has 1 heterocycles. The Morgan fingerprint density at radius 3 is 2.59 bits per heavy atom. The lowest BCUT2D eigenvalue weighted by Crippen LogP contribution is -2.41. The number of aryl methyl sites for hydroxylation is 1. The van der Waals surface area contributed by atoms with E-state index >= 15 is 0 Å². The lowest BCUT2D eigenvalue weighted by molar-refractivity contribution is -0.125. The highest BCUT2D eigenvalue weighted by Gasteiger charge is 2.33. The van der Waals surface area contributed by atoms with E-state index in [0.717, 1.165) is 17.7 Å². The Bertz CT molecular complexity index is 548. The SMILES string of the molecule is CCC(CC)(CN)C(=O)Nc1ccc2c(c1)NC(=O)CC2.Cl. The van der Waals surface area contributed by atoms with Gasteiger partial charge < -0.3 is 16.4 Å². The van der Waals surface area contributed by atoms with Gasteiger partial charge in [-0.3, -0.25) is 9.59 Å². The normalized spacial score (nSPS) is 13.7. The molecule has 1 aromatic carbocycles. The molecule has 4 N–H and O–H groups in total. The summed E-state index contributed by atoms with van der Waals surface area (Å²) in [7, 11) is 0. The fourth-order valence-electron chi connectivity index (χ4n) is 2.67. The highest BCUT2D eigenvalue weighted by Crippen LogP contribution is 2.29. The van der Waals surface area contributed by atoms with Gasteiger partial charge in [0, 0.05) is 24.3 Å². The van der Waals surface area contributed by atoms with Crippen molar-refractivity contribution in [1.29, 1.82) is 0 Å². The van der Waals surface area contributed by atoms with Crippen LogP contribution in [-0.2, 0) is 16.0 Å². The van der Waals surface area contributed by atoms with E-state index in [1.165, 1.54) is 0 Å². The van der Waals surface area contributed by atoms with E-state index in [-0.39, 0.29) is 24.2 Å². The van der Waals surface area contributed by atoms with Crippen molar-refractivity contribution in [2.24, 2.45) is 11.1 Å². The van der Waals surface area contributed by atoms with Crippen LogP contribution in [0.1, 0.15) is 38.7 Å². The largest absolute Gasteiger partial charge is 0.329 e. The molecule has 0 bridgehead atoms. The molecular weight excluding hydrogens is 302 g/mol. The van der Waals surface area contributed by atoms with E-state index in [0.29, 0.717) is 31.5 Å². The average molecular weight is 326 g/mol. The number of carbonyl (C=O) groups is 2. The standard InChI is InChI=1S/C16H23N3O2.ClH/c1-3-16(4-2,10-17)15(21)18-12-7-5-11-6-8-14(20)19-13(11)9-12;/h5,7,9H,3-4,6,8,10,17H2,1-2H3,(H,18,21)(H,19,20);1H. The van der Waals surface area contributed by atoms with E-state index < -0.39 is 5.41 Å². The molecule has 122 valence electrons. The van der Waals surface area contributed by atoms with Gasteiger partial charge in [0.25, 0.3) is 0 Å². The molecule has 0 aliphatic carbocycles. The Morgan fingerprint density at radius 1 is 1.32 bits per heavy atom. The third-order valence-corrected chi connectivity index (χ3v) is 4.49. The predicted molar refractivity (Wildman–Crippen MR) is 91.3 cm³/mol. The summed E-state index contributed by atoms with van der Waals surface area (Å²) < 4.78 is 0. The lowest BCUT2D eigenvalue weighted by atomic mass is 9.81. The lowest BCUT2D eigenvalue weighted by Gasteiger charge is -2.28. The van der Waals surface area contributed by atoms with Gasteiger partial charge in [-0.1, -0.05) is 19.9 Å². The molecule has 2 rings (SSSR count).